The van der Waals surface area contributed by atoms with E-state index in [0.717, 1.165) is 16.7 Å². The lowest BCUT2D eigenvalue weighted by molar-refractivity contribution is -0.137. The van der Waals surface area contributed by atoms with E-state index in [0.29, 0.717) is 12.2 Å². The number of benzene rings is 2. The summed E-state index contributed by atoms with van der Waals surface area (Å²) < 4.78 is 5.31. The quantitative estimate of drug-likeness (QED) is 0.773. The van der Waals surface area contributed by atoms with E-state index >= 15 is 0 Å². The molecule has 0 radical (unpaired) electrons. The topological polar surface area (TPSA) is 75.6 Å². The van der Waals surface area contributed by atoms with E-state index in [9.17, 15) is 9.59 Å². The maximum atomic E-state index is 12.5. The van der Waals surface area contributed by atoms with Gasteiger partial charge in [0.1, 0.15) is 5.75 Å². The van der Waals surface area contributed by atoms with Crippen molar-refractivity contribution >= 4 is 11.9 Å². The number of amides is 1. The number of methoxy groups -OCH3 is 1. The predicted octanol–water partition coefficient (Wildman–Crippen LogP) is 3.27. The first-order valence-electron chi connectivity index (χ1n) is 8.19. The van der Waals surface area contributed by atoms with E-state index in [2.05, 4.69) is 5.32 Å². The molecule has 0 aromatic heterocycles. The molecule has 0 saturated heterocycles. The van der Waals surface area contributed by atoms with Gasteiger partial charge in [-0.25, -0.2) is 0 Å². The van der Waals surface area contributed by atoms with Gasteiger partial charge in [-0.3, -0.25) is 9.59 Å². The number of carbonyl (C=O) groups excluding carboxylic acids is 1. The summed E-state index contributed by atoms with van der Waals surface area (Å²) in [4.78, 5) is 23.4. The maximum Gasteiger partial charge on any atom is 0.303 e. The van der Waals surface area contributed by atoms with Crippen molar-refractivity contribution < 1.29 is 19.4 Å². The molecule has 2 rings (SSSR count). The van der Waals surface area contributed by atoms with Crippen molar-refractivity contribution in [2.45, 2.75) is 32.2 Å². The first-order chi connectivity index (χ1) is 12.0. The summed E-state index contributed by atoms with van der Waals surface area (Å²) >= 11 is 0. The fraction of sp³-hybridized carbons (Fsp3) is 0.300. The maximum absolute atomic E-state index is 12.5. The van der Waals surface area contributed by atoms with Gasteiger partial charge in [0.15, 0.2) is 0 Å². The molecule has 0 aliphatic carbocycles. The third kappa shape index (κ3) is 5.64. The first kappa shape index (κ1) is 18.5. The molecule has 1 amide bonds. The van der Waals surface area contributed by atoms with Crippen LogP contribution in [-0.2, 0) is 16.0 Å². The van der Waals surface area contributed by atoms with Crippen LogP contribution >= 0.6 is 0 Å². The standard InChI is InChI=1S/C20H23NO4/c1-14-8-10-18(25-2)16(12-14)13-19(22)21-17(9-11-20(23)24)15-6-4-3-5-7-15/h3-8,10,12,17H,9,11,13H2,1-2H3,(H,21,22)(H,23,24). The zero-order chi connectivity index (χ0) is 18.2. The van der Waals surface area contributed by atoms with Crippen LogP contribution in [0.2, 0.25) is 0 Å². The number of aliphatic carboxylic acids is 1. The van der Waals surface area contributed by atoms with Crippen LogP contribution in [0.4, 0.5) is 0 Å². The fourth-order valence-corrected chi connectivity index (χ4v) is 2.74. The van der Waals surface area contributed by atoms with Crippen molar-refractivity contribution in [3.8, 4) is 5.75 Å². The number of rotatable bonds is 8. The summed E-state index contributed by atoms with van der Waals surface area (Å²) in [7, 11) is 1.58. The largest absolute Gasteiger partial charge is 0.496 e. The SMILES string of the molecule is COc1ccc(C)cc1CC(=O)NC(CCC(=O)O)c1ccccc1. The van der Waals surface area contributed by atoms with Crippen LogP contribution < -0.4 is 10.1 Å². The van der Waals surface area contributed by atoms with Gasteiger partial charge in [0.2, 0.25) is 5.91 Å². The van der Waals surface area contributed by atoms with Gasteiger partial charge in [0.05, 0.1) is 19.6 Å². The first-order valence-corrected chi connectivity index (χ1v) is 8.19. The Morgan fingerprint density at radius 3 is 2.52 bits per heavy atom. The highest BCUT2D eigenvalue weighted by Crippen LogP contribution is 2.22. The van der Waals surface area contributed by atoms with Crippen LogP contribution in [0.3, 0.4) is 0 Å². The molecule has 0 heterocycles. The van der Waals surface area contributed by atoms with Crippen molar-refractivity contribution in [3.63, 3.8) is 0 Å². The summed E-state index contributed by atoms with van der Waals surface area (Å²) in [5, 5.41) is 11.9. The van der Waals surface area contributed by atoms with E-state index in [4.69, 9.17) is 9.84 Å². The molecule has 2 aromatic rings. The normalized spacial score (nSPS) is 11.6. The number of carboxylic acid groups (broad SMARTS) is 1. The molecular formula is C20H23NO4. The molecule has 2 N–H and O–H groups in total. The average molecular weight is 341 g/mol. The molecule has 0 fully saturated rings. The third-order valence-corrected chi connectivity index (χ3v) is 3.97. The van der Waals surface area contributed by atoms with E-state index < -0.39 is 5.97 Å². The van der Waals surface area contributed by atoms with Gasteiger partial charge in [-0.2, -0.15) is 0 Å². The highest BCUT2D eigenvalue weighted by molar-refractivity contribution is 5.80. The minimum absolute atomic E-state index is 0.00634. The zero-order valence-electron chi connectivity index (χ0n) is 14.5. The highest BCUT2D eigenvalue weighted by atomic mass is 16.5. The number of hydrogen-bond donors (Lipinski definition) is 2. The number of hydrogen-bond acceptors (Lipinski definition) is 3. The summed E-state index contributed by atoms with van der Waals surface area (Å²) in [6, 6.07) is 14.8. The Labute approximate surface area is 147 Å². The molecule has 5 heteroatoms. The summed E-state index contributed by atoms with van der Waals surface area (Å²) in [6.07, 6.45) is 0.519. The Hall–Kier alpha value is -2.82. The van der Waals surface area contributed by atoms with E-state index in [1.807, 2.05) is 55.5 Å². The third-order valence-electron chi connectivity index (χ3n) is 3.97. The lowest BCUT2D eigenvalue weighted by atomic mass is 10.0. The van der Waals surface area contributed by atoms with Gasteiger partial charge in [0.25, 0.3) is 0 Å². The van der Waals surface area contributed by atoms with Crippen LogP contribution in [-0.4, -0.2) is 24.1 Å². The lowest BCUT2D eigenvalue weighted by Crippen LogP contribution is -2.30. The number of nitrogens with one attached hydrogen (secondary N) is 1. The molecule has 0 bridgehead atoms. The Bertz CT molecular complexity index is 728. The molecule has 25 heavy (non-hydrogen) atoms. The van der Waals surface area contributed by atoms with Gasteiger partial charge in [-0.05, 0) is 25.0 Å². The Kier molecular flexibility index (Phi) is 6.57. The number of aryl methyl sites for hydroxylation is 1. The Morgan fingerprint density at radius 1 is 1.16 bits per heavy atom. The molecule has 132 valence electrons. The van der Waals surface area contributed by atoms with Gasteiger partial charge < -0.3 is 15.2 Å². The molecule has 5 nitrogen and oxygen atoms in total. The van der Waals surface area contributed by atoms with E-state index in [1.54, 1.807) is 7.11 Å². The zero-order valence-corrected chi connectivity index (χ0v) is 14.5. The monoisotopic (exact) mass is 341 g/mol. The van der Waals surface area contributed by atoms with Gasteiger partial charge in [-0.1, -0.05) is 48.0 Å². The Morgan fingerprint density at radius 2 is 1.88 bits per heavy atom. The van der Waals surface area contributed by atoms with E-state index in [-0.39, 0.29) is 24.8 Å². The van der Waals surface area contributed by atoms with Crippen molar-refractivity contribution in [1.29, 1.82) is 0 Å². The highest BCUT2D eigenvalue weighted by Gasteiger charge is 2.17. The number of carboxylic acids is 1. The van der Waals surface area contributed by atoms with Gasteiger partial charge >= 0.3 is 5.97 Å². The Balaban J connectivity index is 2.11. The molecule has 2 aromatic carbocycles. The summed E-state index contributed by atoms with van der Waals surface area (Å²) in [5.74, 6) is -0.374. The van der Waals surface area contributed by atoms with Crippen LogP contribution in [0, 0.1) is 6.92 Å². The van der Waals surface area contributed by atoms with Gasteiger partial charge in [-0.15, -0.1) is 0 Å². The summed E-state index contributed by atoms with van der Waals surface area (Å²) in [5.41, 5.74) is 2.76. The molecule has 1 atom stereocenters. The molecule has 0 saturated carbocycles. The van der Waals surface area contributed by atoms with Crippen LogP contribution in [0.25, 0.3) is 0 Å². The molecule has 0 spiro atoms. The van der Waals surface area contributed by atoms with Crippen LogP contribution in [0.5, 0.6) is 5.75 Å². The average Bonchev–Trinajstić information content (AvgIpc) is 2.59. The van der Waals surface area contributed by atoms with Crippen molar-refractivity contribution in [2.24, 2.45) is 0 Å². The minimum atomic E-state index is -0.879. The molecular weight excluding hydrogens is 318 g/mol. The number of ether oxygens (including phenoxy) is 1. The number of carbonyl (C=O) groups is 2. The molecule has 1 unspecified atom stereocenters. The van der Waals surface area contributed by atoms with Crippen LogP contribution in [0.15, 0.2) is 48.5 Å². The fourth-order valence-electron chi connectivity index (χ4n) is 2.74. The second kappa shape index (κ2) is 8.87. The molecule has 0 aliphatic heterocycles. The van der Waals surface area contributed by atoms with E-state index in [1.165, 1.54) is 0 Å². The van der Waals surface area contributed by atoms with Crippen molar-refractivity contribution in [2.75, 3.05) is 7.11 Å². The summed E-state index contributed by atoms with van der Waals surface area (Å²) in [6.45, 7) is 1.96. The predicted molar refractivity (Wildman–Crippen MR) is 95.6 cm³/mol. The molecule has 0 aliphatic rings. The smallest absolute Gasteiger partial charge is 0.303 e. The van der Waals surface area contributed by atoms with Crippen molar-refractivity contribution in [1.82, 2.24) is 5.32 Å². The van der Waals surface area contributed by atoms with Crippen molar-refractivity contribution in [3.05, 3.63) is 65.2 Å². The second-order valence-electron chi connectivity index (χ2n) is 5.96. The second-order valence-corrected chi connectivity index (χ2v) is 5.96. The minimum Gasteiger partial charge on any atom is -0.496 e. The van der Waals surface area contributed by atoms with Crippen LogP contribution in [0.1, 0.15) is 35.6 Å². The van der Waals surface area contributed by atoms with Gasteiger partial charge in [0, 0.05) is 12.0 Å². The lowest BCUT2D eigenvalue weighted by Gasteiger charge is -2.19.